The minimum absolute atomic E-state index is 1.17. The van der Waals surface area contributed by atoms with Crippen molar-refractivity contribution in [3.63, 3.8) is 0 Å². The van der Waals surface area contributed by atoms with Crippen molar-refractivity contribution in [2.45, 2.75) is 13.8 Å². The molecule has 3 aromatic carbocycles. The van der Waals surface area contributed by atoms with Crippen LogP contribution in [-0.2, 0) is 0 Å². The number of rotatable bonds is 0. The number of hydrogen-bond donors (Lipinski definition) is 0. The van der Waals surface area contributed by atoms with E-state index < -0.39 is 0 Å². The zero-order valence-electron chi connectivity index (χ0n) is 11.3. The Bertz CT molecular complexity index is 768. The average Bonchev–Trinajstić information content (AvgIpc) is 2.47. The SMILES string of the molecule is C/C=c1/ccc2c(Br)ccc3ccc(C)c1c32.CBr. The number of alkyl halides is 1. The molecular weight excluding hydrogens is 364 g/mol. The van der Waals surface area contributed by atoms with Crippen LogP contribution in [0.5, 0.6) is 0 Å². The van der Waals surface area contributed by atoms with Crippen molar-refractivity contribution >= 4 is 59.5 Å². The Balaban J connectivity index is 0.000000637. The minimum atomic E-state index is 1.17. The van der Waals surface area contributed by atoms with Crippen molar-refractivity contribution in [3.05, 3.63) is 51.7 Å². The zero-order valence-corrected chi connectivity index (χ0v) is 14.5. The number of hydrogen-bond acceptors (Lipinski definition) is 0. The van der Waals surface area contributed by atoms with Crippen molar-refractivity contribution < 1.29 is 0 Å². The van der Waals surface area contributed by atoms with Crippen LogP contribution >= 0.6 is 31.9 Å². The fourth-order valence-electron chi connectivity index (χ4n) is 2.56. The van der Waals surface area contributed by atoms with Crippen LogP contribution in [0.4, 0.5) is 0 Å². The van der Waals surface area contributed by atoms with E-state index in [1.54, 1.807) is 0 Å². The van der Waals surface area contributed by atoms with Crippen molar-refractivity contribution in [2.75, 3.05) is 5.83 Å². The van der Waals surface area contributed by atoms with E-state index in [1.165, 1.54) is 36.8 Å². The van der Waals surface area contributed by atoms with Crippen LogP contribution in [0.2, 0.25) is 0 Å². The number of benzene rings is 3. The van der Waals surface area contributed by atoms with Gasteiger partial charge in [-0.15, -0.1) is 0 Å². The van der Waals surface area contributed by atoms with Crippen LogP contribution in [0.25, 0.3) is 27.6 Å². The lowest BCUT2D eigenvalue weighted by Crippen LogP contribution is -2.03. The summed E-state index contributed by atoms with van der Waals surface area (Å²) in [6.07, 6.45) is 2.18. The summed E-state index contributed by atoms with van der Waals surface area (Å²) in [6.45, 7) is 4.28. The molecule has 0 N–H and O–H groups in total. The average molecular weight is 380 g/mol. The van der Waals surface area contributed by atoms with Gasteiger partial charge in [0.05, 0.1) is 0 Å². The summed E-state index contributed by atoms with van der Waals surface area (Å²) in [5.74, 6) is 1.81. The molecule has 0 unspecified atom stereocenters. The van der Waals surface area contributed by atoms with Gasteiger partial charge in [0.2, 0.25) is 0 Å². The largest absolute Gasteiger partial charge is 0.0966 e. The predicted molar refractivity (Wildman–Crippen MR) is 94.1 cm³/mol. The molecule has 98 valence electrons. The lowest BCUT2D eigenvalue weighted by Gasteiger charge is -2.10. The molecule has 0 aliphatic rings. The molecule has 3 rings (SSSR count). The van der Waals surface area contributed by atoms with Gasteiger partial charge in [-0.2, -0.15) is 0 Å². The smallest absolute Gasteiger partial charge is 0.0254 e. The maximum absolute atomic E-state index is 3.64. The molecule has 0 saturated carbocycles. The van der Waals surface area contributed by atoms with Crippen LogP contribution in [-0.4, -0.2) is 5.83 Å². The first-order valence-electron chi connectivity index (χ1n) is 6.17. The highest BCUT2D eigenvalue weighted by molar-refractivity contribution is 9.10. The molecule has 0 bridgehead atoms. The third-order valence-electron chi connectivity index (χ3n) is 3.41. The Morgan fingerprint density at radius 2 is 1.58 bits per heavy atom. The summed E-state index contributed by atoms with van der Waals surface area (Å²) in [4.78, 5) is 0. The van der Waals surface area contributed by atoms with Gasteiger partial charge in [0.1, 0.15) is 0 Å². The Hall–Kier alpha value is -0.860. The van der Waals surface area contributed by atoms with Crippen LogP contribution in [0.15, 0.2) is 40.9 Å². The Morgan fingerprint density at radius 3 is 2.26 bits per heavy atom. The normalized spacial score (nSPS) is 11.7. The highest BCUT2D eigenvalue weighted by atomic mass is 79.9. The molecule has 0 aromatic heterocycles. The standard InChI is InChI=1S/C16H13Br.CH3Br/c1-3-11-6-8-13-14(17)9-7-12-5-4-10(2)15(11)16(12)13;1-2/h3-9H,1-2H3;1H3/b11-3-;. The first-order chi connectivity index (χ1) is 9.22. The maximum atomic E-state index is 3.64. The van der Waals surface area contributed by atoms with Gasteiger partial charge in [-0.3, -0.25) is 0 Å². The van der Waals surface area contributed by atoms with E-state index in [2.05, 4.69) is 88.2 Å². The fraction of sp³-hybridized carbons (Fsp3) is 0.176. The molecule has 3 aromatic rings. The van der Waals surface area contributed by atoms with Gasteiger partial charge in [-0.05, 0) is 58.1 Å². The van der Waals surface area contributed by atoms with Crippen molar-refractivity contribution in [1.82, 2.24) is 0 Å². The fourth-order valence-corrected chi connectivity index (χ4v) is 3.02. The summed E-state index contributed by atoms with van der Waals surface area (Å²) < 4.78 is 1.17. The van der Waals surface area contributed by atoms with Gasteiger partial charge < -0.3 is 0 Å². The van der Waals surface area contributed by atoms with Gasteiger partial charge in [0.15, 0.2) is 0 Å². The van der Waals surface area contributed by atoms with Gasteiger partial charge in [-0.25, -0.2) is 0 Å². The van der Waals surface area contributed by atoms with Crippen LogP contribution in [0.1, 0.15) is 12.5 Å². The summed E-state index contributed by atoms with van der Waals surface area (Å²) in [5.41, 5.74) is 1.34. The van der Waals surface area contributed by atoms with E-state index >= 15 is 0 Å². The Labute approximate surface area is 130 Å². The first-order valence-corrected chi connectivity index (χ1v) is 8.54. The highest BCUT2D eigenvalue weighted by Crippen LogP contribution is 2.31. The first kappa shape index (κ1) is 14.5. The highest BCUT2D eigenvalue weighted by Gasteiger charge is 2.07. The van der Waals surface area contributed by atoms with Crippen molar-refractivity contribution in [2.24, 2.45) is 0 Å². The van der Waals surface area contributed by atoms with Crippen molar-refractivity contribution in [3.8, 4) is 0 Å². The van der Waals surface area contributed by atoms with Gasteiger partial charge in [0.25, 0.3) is 0 Å². The molecule has 2 heteroatoms. The topological polar surface area (TPSA) is 0 Å². The third kappa shape index (κ3) is 2.44. The molecule has 19 heavy (non-hydrogen) atoms. The van der Waals surface area contributed by atoms with E-state index in [0.29, 0.717) is 0 Å². The molecule has 0 aliphatic carbocycles. The third-order valence-corrected chi connectivity index (χ3v) is 4.10. The minimum Gasteiger partial charge on any atom is -0.0966 e. The van der Waals surface area contributed by atoms with E-state index in [0.717, 1.165) is 0 Å². The molecule has 0 nitrogen and oxygen atoms in total. The summed E-state index contributed by atoms with van der Waals surface area (Å²) in [5, 5.41) is 6.68. The summed E-state index contributed by atoms with van der Waals surface area (Å²) in [7, 11) is 0. The van der Waals surface area contributed by atoms with Gasteiger partial charge >= 0.3 is 0 Å². The second-order valence-corrected chi connectivity index (χ2v) is 5.25. The molecular formula is C17H16Br2. The quantitative estimate of drug-likeness (QED) is 0.446. The lowest BCUT2D eigenvalue weighted by atomic mass is 9.96. The Morgan fingerprint density at radius 1 is 0.895 bits per heavy atom. The van der Waals surface area contributed by atoms with Crippen LogP contribution in [0, 0.1) is 6.92 Å². The zero-order chi connectivity index (χ0) is 14.0. The molecule has 0 heterocycles. The van der Waals surface area contributed by atoms with Gasteiger partial charge in [-0.1, -0.05) is 68.3 Å². The lowest BCUT2D eigenvalue weighted by molar-refractivity contribution is 1.52. The Kier molecular flexibility index (Phi) is 4.64. The monoisotopic (exact) mass is 378 g/mol. The van der Waals surface area contributed by atoms with E-state index in [4.69, 9.17) is 0 Å². The summed E-state index contributed by atoms with van der Waals surface area (Å²) >= 11 is 6.58. The summed E-state index contributed by atoms with van der Waals surface area (Å²) in [6, 6.07) is 13.1. The molecule has 0 saturated heterocycles. The van der Waals surface area contributed by atoms with Crippen molar-refractivity contribution in [1.29, 1.82) is 0 Å². The van der Waals surface area contributed by atoms with E-state index in [-0.39, 0.29) is 0 Å². The predicted octanol–water partition coefficient (Wildman–Crippen LogP) is 5.59. The number of aryl methyl sites for hydroxylation is 1. The van der Waals surface area contributed by atoms with Gasteiger partial charge in [0, 0.05) is 4.47 Å². The van der Waals surface area contributed by atoms with E-state index in [9.17, 15) is 0 Å². The van der Waals surface area contributed by atoms with E-state index in [1.807, 2.05) is 5.83 Å². The second-order valence-electron chi connectivity index (χ2n) is 4.39. The van der Waals surface area contributed by atoms with Crippen LogP contribution < -0.4 is 5.22 Å². The molecule has 0 fully saturated rings. The van der Waals surface area contributed by atoms with Crippen LogP contribution in [0.3, 0.4) is 0 Å². The number of halogens is 2. The molecule has 0 radical (unpaired) electrons. The maximum Gasteiger partial charge on any atom is 0.0254 e. The second kappa shape index (κ2) is 6.06. The molecule has 0 aliphatic heterocycles. The molecule has 0 spiro atoms. The molecule has 0 atom stereocenters. The molecule has 0 amide bonds.